The number of hydrogen-bond donors (Lipinski definition) is 4. The van der Waals surface area contributed by atoms with Gasteiger partial charge in [0.1, 0.15) is 0 Å². The quantitative estimate of drug-likeness (QED) is 0.474. The van der Waals surface area contributed by atoms with E-state index in [2.05, 4.69) is 10.6 Å². The predicted molar refractivity (Wildman–Crippen MR) is 77.8 cm³/mol. The molecular formula is C12H25N3O3S. The minimum absolute atomic E-state index is 0.0189. The lowest BCUT2D eigenvalue weighted by Gasteiger charge is -2.22. The molecule has 19 heavy (non-hydrogen) atoms. The molecule has 7 heteroatoms. The van der Waals surface area contributed by atoms with E-state index in [0.29, 0.717) is 5.75 Å². The van der Waals surface area contributed by atoms with Crippen molar-refractivity contribution < 1.29 is 14.7 Å². The van der Waals surface area contributed by atoms with Gasteiger partial charge < -0.3 is 21.5 Å². The van der Waals surface area contributed by atoms with Gasteiger partial charge in [-0.3, -0.25) is 9.59 Å². The van der Waals surface area contributed by atoms with Crippen molar-refractivity contribution in [2.45, 2.75) is 32.4 Å². The first-order valence-electron chi connectivity index (χ1n) is 6.21. The summed E-state index contributed by atoms with van der Waals surface area (Å²) in [6.45, 7) is 5.35. The average molecular weight is 291 g/mol. The van der Waals surface area contributed by atoms with Gasteiger partial charge in [0, 0.05) is 12.3 Å². The Labute approximate surface area is 118 Å². The third kappa shape index (κ3) is 8.07. The summed E-state index contributed by atoms with van der Waals surface area (Å²) < 4.78 is 0. The van der Waals surface area contributed by atoms with Crippen molar-refractivity contribution in [3.63, 3.8) is 0 Å². The molecule has 0 aliphatic carbocycles. The molecule has 0 fully saturated rings. The first-order chi connectivity index (χ1) is 8.69. The molecule has 0 bridgehead atoms. The van der Waals surface area contributed by atoms with Crippen LogP contribution in [0.3, 0.4) is 0 Å². The Morgan fingerprint density at radius 3 is 2.42 bits per heavy atom. The molecule has 0 aromatic heterocycles. The monoisotopic (exact) mass is 291 g/mol. The lowest BCUT2D eigenvalue weighted by atomic mass is 10.1. The summed E-state index contributed by atoms with van der Waals surface area (Å²) in [5, 5.41) is 14.9. The number of nitrogens with two attached hydrogens (primary N) is 1. The van der Waals surface area contributed by atoms with E-state index in [9.17, 15) is 14.7 Å². The van der Waals surface area contributed by atoms with Gasteiger partial charge in [0.2, 0.25) is 11.8 Å². The van der Waals surface area contributed by atoms with Gasteiger partial charge in [0.25, 0.3) is 0 Å². The third-order valence-corrected chi connectivity index (χ3v) is 3.48. The van der Waals surface area contributed by atoms with Crippen LogP contribution in [-0.4, -0.2) is 53.7 Å². The molecule has 0 spiro atoms. The maximum atomic E-state index is 11.5. The largest absolute Gasteiger partial charge is 0.387 e. The first kappa shape index (κ1) is 18.2. The summed E-state index contributed by atoms with van der Waals surface area (Å²) in [5.41, 5.74) is 4.69. The smallest absolute Gasteiger partial charge is 0.239 e. The Morgan fingerprint density at radius 1 is 1.37 bits per heavy atom. The van der Waals surface area contributed by atoms with Crippen LogP contribution in [0.4, 0.5) is 0 Å². The molecule has 0 saturated carbocycles. The molecule has 112 valence electrons. The molecule has 0 aliphatic rings. The van der Waals surface area contributed by atoms with Crippen molar-refractivity contribution in [1.29, 1.82) is 0 Å². The Bertz CT molecular complexity index is 309. The van der Waals surface area contributed by atoms with Crippen LogP contribution in [0, 0.1) is 5.92 Å². The van der Waals surface area contributed by atoms with Crippen molar-refractivity contribution >= 4 is 23.6 Å². The number of carbonyl (C=O) groups is 2. The SMILES string of the molecule is CSCC(C)(O)CNC(=O)CNC(=O)[C@@H](N)C(C)C. The van der Waals surface area contributed by atoms with Crippen molar-refractivity contribution in [1.82, 2.24) is 10.6 Å². The van der Waals surface area contributed by atoms with Crippen LogP contribution >= 0.6 is 11.8 Å². The zero-order valence-electron chi connectivity index (χ0n) is 12.0. The zero-order chi connectivity index (χ0) is 15.1. The number of hydrogen-bond acceptors (Lipinski definition) is 5. The van der Waals surface area contributed by atoms with Gasteiger partial charge in [-0.25, -0.2) is 0 Å². The summed E-state index contributed by atoms with van der Waals surface area (Å²) in [6.07, 6.45) is 1.88. The molecule has 0 aromatic rings. The fourth-order valence-electron chi connectivity index (χ4n) is 1.30. The summed E-state index contributed by atoms with van der Waals surface area (Å²) in [6, 6.07) is -0.618. The number of carbonyl (C=O) groups excluding carboxylic acids is 2. The highest BCUT2D eigenvalue weighted by Crippen LogP contribution is 2.08. The second-order valence-electron chi connectivity index (χ2n) is 5.19. The second kappa shape index (κ2) is 8.39. The van der Waals surface area contributed by atoms with Gasteiger partial charge in [-0.2, -0.15) is 11.8 Å². The van der Waals surface area contributed by atoms with Crippen molar-refractivity contribution in [2.75, 3.05) is 25.1 Å². The molecular weight excluding hydrogens is 266 g/mol. The van der Waals surface area contributed by atoms with Gasteiger partial charge in [-0.15, -0.1) is 0 Å². The first-order valence-corrected chi connectivity index (χ1v) is 7.60. The molecule has 5 N–H and O–H groups in total. The lowest BCUT2D eigenvalue weighted by Crippen LogP contribution is -2.49. The highest BCUT2D eigenvalue weighted by atomic mass is 32.2. The maximum absolute atomic E-state index is 11.5. The molecule has 0 aromatic carbocycles. The van der Waals surface area contributed by atoms with Crippen LogP contribution in [0.25, 0.3) is 0 Å². The molecule has 0 saturated heterocycles. The van der Waals surface area contributed by atoms with E-state index in [1.807, 2.05) is 20.1 Å². The summed E-state index contributed by atoms with van der Waals surface area (Å²) in [5.74, 6) is -0.144. The molecule has 1 unspecified atom stereocenters. The highest BCUT2D eigenvalue weighted by Gasteiger charge is 2.21. The minimum atomic E-state index is -0.951. The molecule has 0 radical (unpaired) electrons. The van der Waals surface area contributed by atoms with E-state index < -0.39 is 11.6 Å². The Kier molecular flexibility index (Phi) is 8.05. The van der Waals surface area contributed by atoms with Gasteiger partial charge in [0.15, 0.2) is 0 Å². The standard InChI is InChI=1S/C12H25N3O3S/c1-8(2)10(13)11(17)14-5-9(16)15-6-12(3,18)7-19-4/h8,10,18H,5-7,13H2,1-4H3,(H,14,17)(H,15,16)/t10-,12?/m0/s1. The molecule has 6 nitrogen and oxygen atoms in total. The van der Waals surface area contributed by atoms with Crippen molar-refractivity contribution in [3.8, 4) is 0 Å². The normalized spacial score (nSPS) is 15.7. The average Bonchev–Trinajstić information content (AvgIpc) is 2.32. The van der Waals surface area contributed by atoms with Crippen molar-refractivity contribution in [3.05, 3.63) is 0 Å². The van der Waals surface area contributed by atoms with E-state index in [1.165, 1.54) is 11.8 Å². The Hall–Kier alpha value is -0.790. The van der Waals surface area contributed by atoms with Gasteiger partial charge in [-0.1, -0.05) is 13.8 Å². The van der Waals surface area contributed by atoms with Crippen LogP contribution in [0.1, 0.15) is 20.8 Å². The van der Waals surface area contributed by atoms with Crippen molar-refractivity contribution in [2.24, 2.45) is 11.7 Å². The van der Waals surface area contributed by atoms with E-state index >= 15 is 0 Å². The molecule has 2 amide bonds. The van der Waals surface area contributed by atoms with Crippen LogP contribution in [-0.2, 0) is 9.59 Å². The van der Waals surface area contributed by atoms with E-state index in [1.54, 1.807) is 6.92 Å². The highest BCUT2D eigenvalue weighted by molar-refractivity contribution is 7.98. The topological polar surface area (TPSA) is 104 Å². The number of amides is 2. The number of thioether (sulfide) groups is 1. The fourth-order valence-corrected chi connectivity index (χ4v) is 2.03. The summed E-state index contributed by atoms with van der Waals surface area (Å²) in [7, 11) is 0. The number of rotatable bonds is 8. The number of nitrogens with one attached hydrogen (secondary N) is 2. The van der Waals surface area contributed by atoms with E-state index in [4.69, 9.17) is 5.73 Å². The van der Waals surface area contributed by atoms with E-state index in [0.717, 1.165) is 0 Å². The second-order valence-corrected chi connectivity index (χ2v) is 6.06. The summed E-state index contributed by atoms with van der Waals surface area (Å²) in [4.78, 5) is 23.0. The molecule has 2 atom stereocenters. The van der Waals surface area contributed by atoms with Gasteiger partial charge >= 0.3 is 0 Å². The van der Waals surface area contributed by atoms with Gasteiger partial charge in [0.05, 0.1) is 18.2 Å². The van der Waals surface area contributed by atoms with Crippen LogP contribution in [0.2, 0.25) is 0 Å². The zero-order valence-corrected chi connectivity index (χ0v) is 12.8. The Morgan fingerprint density at radius 2 is 1.95 bits per heavy atom. The number of aliphatic hydroxyl groups is 1. The Balaban J connectivity index is 3.97. The van der Waals surface area contributed by atoms with E-state index in [-0.39, 0.29) is 30.8 Å². The molecule has 0 heterocycles. The fraction of sp³-hybridized carbons (Fsp3) is 0.833. The van der Waals surface area contributed by atoms with Gasteiger partial charge in [-0.05, 0) is 19.1 Å². The maximum Gasteiger partial charge on any atom is 0.239 e. The van der Waals surface area contributed by atoms with Crippen LogP contribution in [0.5, 0.6) is 0 Å². The molecule has 0 rings (SSSR count). The third-order valence-electron chi connectivity index (χ3n) is 2.57. The minimum Gasteiger partial charge on any atom is -0.387 e. The van der Waals surface area contributed by atoms with Crippen LogP contribution < -0.4 is 16.4 Å². The predicted octanol–water partition coefficient (Wildman–Crippen LogP) is -0.684. The lowest BCUT2D eigenvalue weighted by molar-refractivity contribution is -0.127. The van der Waals surface area contributed by atoms with Crippen LogP contribution in [0.15, 0.2) is 0 Å². The molecule has 0 aliphatic heterocycles. The summed E-state index contributed by atoms with van der Waals surface area (Å²) >= 11 is 1.50.